The Morgan fingerprint density at radius 3 is 1.90 bits per heavy atom. The molecule has 158 valence electrons. The summed E-state index contributed by atoms with van der Waals surface area (Å²) in [5.41, 5.74) is 13.3. The first-order chi connectivity index (χ1) is 13.3. The van der Waals surface area contributed by atoms with Crippen molar-refractivity contribution in [2.24, 2.45) is 0 Å². The highest BCUT2D eigenvalue weighted by Crippen LogP contribution is 2.39. The van der Waals surface area contributed by atoms with E-state index in [1.165, 1.54) is 0 Å². The van der Waals surface area contributed by atoms with E-state index in [0.29, 0.717) is 12.2 Å². The third-order valence-electron chi connectivity index (χ3n) is 4.48. The van der Waals surface area contributed by atoms with Crippen molar-refractivity contribution in [3.63, 3.8) is 0 Å². The monoisotopic (exact) mass is 401 g/mol. The maximum absolute atomic E-state index is 12.2. The van der Waals surface area contributed by atoms with E-state index < -0.39 is 0 Å². The van der Waals surface area contributed by atoms with Crippen molar-refractivity contribution in [2.75, 3.05) is 11.5 Å². The minimum atomic E-state index is -0.384. The van der Waals surface area contributed by atoms with E-state index in [4.69, 9.17) is 16.2 Å². The lowest BCUT2D eigenvalue weighted by Gasteiger charge is -2.28. The fourth-order valence-electron chi connectivity index (χ4n) is 2.97. The third-order valence-corrected chi connectivity index (χ3v) is 4.48. The van der Waals surface area contributed by atoms with Gasteiger partial charge in [-0.05, 0) is 33.9 Å². The number of nitrogen functional groups attached to an aromatic ring is 2. The van der Waals surface area contributed by atoms with Crippen LogP contribution in [-0.2, 0) is 33.4 Å². The summed E-state index contributed by atoms with van der Waals surface area (Å²) in [4.78, 5) is 23.6. The molecule has 29 heavy (non-hydrogen) atoms. The van der Waals surface area contributed by atoms with Gasteiger partial charge in [-0.3, -0.25) is 4.79 Å². The number of hydrogen-bond acceptors (Lipinski definition) is 8. The lowest BCUT2D eigenvalue weighted by molar-refractivity contribution is -0.145. The van der Waals surface area contributed by atoms with Crippen molar-refractivity contribution in [3.05, 3.63) is 34.6 Å². The molecule has 8 nitrogen and oxygen atoms in total. The number of nitrogens with two attached hydrogens (primary N) is 2. The molecular weight excluding hydrogens is 370 g/mol. The molecule has 0 amide bonds. The largest absolute Gasteiger partial charge is 0.507 e. The Labute approximate surface area is 171 Å². The number of carbonyl (C=O) groups is 1. The number of aromatic nitrogens is 3. The Balaban J connectivity index is 2.12. The maximum atomic E-state index is 12.2. The van der Waals surface area contributed by atoms with Crippen LogP contribution in [0.3, 0.4) is 0 Å². The van der Waals surface area contributed by atoms with Gasteiger partial charge in [0.2, 0.25) is 11.9 Å². The molecule has 2 rings (SSSR count). The summed E-state index contributed by atoms with van der Waals surface area (Å²) in [7, 11) is 0. The summed E-state index contributed by atoms with van der Waals surface area (Å²) in [5, 5.41) is 10.8. The predicted molar refractivity (Wildman–Crippen MR) is 112 cm³/mol. The van der Waals surface area contributed by atoms with Crippen LogP contribution < -0.4 is 11.5 Å². The van der Waals surface area contributed by atoms with Gasteiger partial charge in [-0.2, -0.15) is 15.0 Å². The molecule has 1 heterocycles. The van der Waals surface area contributed by atoms with E-state index in [9.17, 15) is 9.90 Å². The van der Waals surface area contributed by atoms with Crippen LogP contribution in [0.2, 0.25) is 0 Å². The van der Waals surface area contributed by atoms with Gasteiger partial charge in [0.05, 0.1) is 0 Å². The molecule has 0 aliphatic rings. The highest BCUT2D eigenvalue weighted by Gasteiger charge is 2.26. The second-order valence-corrected chi connectivity index (χ2v) is 9.17. The van der Waals surface area contributed by atoms with Crippen molar-refractivity contribution < 1.29 is 14.6 Å². The molecule has 0 bridgehead atoms. The first-order valence-corrected chi connectivity index (χ1v) is 9.55. The zero-order valence-electron chi connectivity index (χ0n) is 18.0. The zero-order valence-corrected chi connectivity index (χ0v) is 18.0. The van der Waals surface area contributed by atoms with Gasteiger partial charge in [-0.1, -0.05) is 53.7 Å². The lowest BCUT2D eigenvalue weighted by atomic mass is 9.78. The number of phenolic OH excluding ortho intramolecular Hbond substituents is 1. The summed E-state index contributed by atoms with van der Waals surface area (Å²) in [6.45, 7) is 12.2. The van der Waals surface area contributed by atoms with Crippen LogP contribution >= 0.6 is 0 Å². The predicted octanol–water partition coefficient (Wildman–Crippen LogP) is 3.01. The molecule has 2 aromatic rings. The molecule has 0 fully saturated rings. The number of phenols is 1. The minimum absolute atomic E-state index is 0.0166. The number of rotatable bonds is 5. The molecule has 5 N–H and O–H groups in total. The van der Waals surface area contributed by atoms with Crippen molar-refractivity contribution in [3.8, 4) is 5.75 Å². The fourth-order valence-corrected chi connectivity index (χ4v) is 2.97. The number of carbonyl (C=O) groups excluding carboxylic acids is 1. The number of anilines is 2. The van der Waals surface area contributed by atoms with E-state index in [0.717, 1.165) is 16.7 Å². The Hall–Kier alpha value is -2.90. The van der Waals surface area contributed by atoms with E-state index in [2.05, 4.69) is 56.5 Å². The molecular formula is C21H31N5O3. The van der Waals surface area contributed by atoms with Crippen LogP contribution in [0.25, 0.3) is 0 Å². The van der Waals surface area contributed by atoms with Crippen molar-refractivity contribution >= 4 is 17.9 Å². The van der Waals surface area contributed by atoms with Crippen LogP contribution in [0, 0.1) is 0 Å². The lowest BCUT2D eigenvalue weighted by Crippen LogP contribution is -2.18. The normalized spacial score (nSPS) is 12.1. The summed E-state index contributed by atoms with van der Waals surface area (Å²) in [6, 6.07) is 3.93. The number of aromatic hydroxyl groups is 1. The maximum Gasteiger partial charge on any atom is 0.306 e. The number of hydrogen-bond donors (Lipinski definition) is 3. The van der Waals surface area contributed by atoms with Crippen molar-refractivity contribution in [1.82, 2.24) is 15.0 Å². The summed E-state index contributed by atoms with van der Waals surface area (Å²) >= 11 is 0. The van der Waals surface area contributed by atoms with Gasteiger partial charge in [0.25, 0.3) is 0 Å². The minimum Gasteiger partial charge on any atom is -0.507 e. The SMILES string of the molecule is CC(C)(C)c1cc(CCC(=O)OCc2nc(N)nc(N)n2)cc(C(C)(C)C)c1O. The Bertz CT molecular complexity index is 843. The Morgan fingerprint density at radius 2 is 1.45 bits per heavy atom. The first-order valence-electron chi connectivity index (χ1n) is 9.55. The fraction of sp³-hybridized carbons (Fsp3) is 0.524. The summed E-state index contributed by atoms with van der Waals surface area (Å²) in [6.07, 6.45) is 0.681. The molecule has 0 spiro atoms. The number of esters is 1. The van der Waals surface area contributed by atoms with Crippen molar-refractivity contribution in [2.45, 2.75) is 71.8 Å². The molecule has 0 aliphatic heterocycles. The van der Waals surface area contributed by atoms with E-state index in [-0.39, 0.29) is 47.5 Å². The van der Waals surface area contributed by atoms with Gasteiger partial charge in [0.1, 0.15) is 5.75 Å². The topological polar surface area (TPSA) is 137 Å². The van der Waals surface area contributed by atoms with Gasteiger partial charge in [0, 0.05) is 6.42 Å². The molecule has 0 saturated carbocycles. The molecule has 1 aromatic carbocycles. The van der Waals surface area contributed by atoms with E-state index >= 15 is 0 Å². The highest BCUT2D eigenvalue weighted by molar-refractivity contribution is 5.69. The van der Waals surface area contributed by atoms with Gasteiger partial charge < -0.3 is 21.3 Å². The second kappa shape index (κ2) is 8.23. The number of aryl methyl sites for hydroxylation is 1. The number of nitrogens with zero attached hydrogens (tertiary/aromatic N) is 3. The number of ether oxygens (including phenoxy) is 1. The molecule has 0 saturated heterocycles. The average Bonchev–Trinajstić information content (AvgIpc) is 2.56. The van der Waals surface area contributed by atoms with Crippen LogP contribution in [0.5, 0.6) is 5.75 Å². The van der Waals surface area contributed by atoms with Gasteiger partial charge in [-0.15, -0.1) is 0 Å². The summed E-state index contributed by atoms with van der Waals surface area (Å²) < 4.78 is 5.23. The molecule has 0 unspecified atom stereocenters. The second-order valence-electron chi connectivity index (χ2n) is 9.17. The van der Waals surface area contributed by atoms with Gasteiger partial charge >= 0.3 is 5.97 Å². The Kier molecular flexibility index (Phi) is 6.35. The van der Waals surface area contributed by atoms with E-state index in [1.54, 1.807) is 0 Å². The highest BCUT2D eigenvalue weighted by atomic mass is 16.5. The van der Waals surface area contributed by atoms with Crippen LogP contribution in [0.1, 0.15) is 70.5 Å². The average molecular weight is 402 g/mol. The van der Waals surface area contributed by atoms with Gasteiger partial charge in [-0.25, -0.2) is 0 Å². The molecule has 0 aliphatic carbocycles. The third kappa shape index (κ3) is 6.04. The Morgan fingerprint density at radius 1 is 0.966 bits per heavy atom. The van der Waals surface area contributed by atoms with Crippen LogP contribution in [0.15, 0.2) is 12.1 Å². The molecule has 0 radical (unpaired) electrons. The number of benzene rings is 1. The molecule has 8 heteroatoms. The standard InChI is InChI=1S/C21H31N5O3/c1-20(2,3)13-9-12(10-14(17(13)28)21(4,5)6)7-8-16(27)29-11-15-24-18(22)26-19(23)25-15/h9-10,28H,7-8,11H2,1-6H3,(H4,22,23,24,25,26). The first kappa shape index (κ1) is 22.4. The van der Waals surface area contributed by atoms with Gasteiger partial charge in [0.15, 0.2) is 12.4 Å². The summed E-state index contributed by atoms with van der Waals surface area (Å²) in [5.74, 6) is 0.110. The smallest absolute Gasteiger partial charge is 0.306 e. The molecule has 1 aromatic heterocycles. The quantitative estimate of drug-likeness (QED) is 0.650. The van der Waals surface area contributed by atoms with Crippen LogP contribution in [-0.4, -0.2) is 26.0 Å². The molecule has 0 atom stereocenters. The zero-order chi connectivity index (χ0) is 22.0. The van der Waals surface area contributed by atoms with E-state index in [1.807, 2.05) is 12.1 Å². The van der Waals surface area contributed by atoms with Crippen molar-refractivity contribution in [1.29, 1.82) is 0 Å². The van der Waals surface area contributed by atoms with Crippen LogP contribution in [0.4, 0.5) is 11.9 Å².